The summed E-state index contributed by atoms with van der Waals surface area (Å²) in [4.78, 5) is 11.4. The summed E-state index contributed by atoms with van der Waals surface area (Å²) in [6.45, 7) is 0. The van der Waals surface area contributed by atoms with Crippen LogP contribution in [0.1, 0.15) is 23.0 Å². The van der Waals surface area contributed by atoms with Crippen molar-refractivity contribution in [3.63, 3.8) is 0 Å². The predicted molar refractivity (Wildman–Crippen MR) is 71.0 cm³/mol. The van der Waals surface area contributed by atoms with Crippen LogP contribution in [-0.4, -0.2) is 21.8 Å². The van der Waals surface area contributed by atoms with Gasteiger partial charge in [-0.1, -0.05) is 60.7 Å². The molecule has 3 nitrogen and oxygen atoms in total. The lowest BCUT2D eigenvalue weighted by atomic mass is 10.0. The minimum atomic E-state index is -1.69. The molecule has 0 heterocycles. The van der Waals surface area contributed by atoms with Gasteiger partial charge in [-0.25, -0.2) is 4.79 Å². The number of carboxylic acids is 1. The van der Waals surface area contributed by atoms with Crippen molar-refractivity contribution in [2.75, 3.05) is 0 Å². The van der Waals surface area contributed by atoms with Crippen LogP contribution in [0.25, 0.3) is 0 Å². The van der Waals surface area contributed by atoms with Crippen LogP contribution in [0.15, 0.2) is 60.7 Å². The van der Waals surface area contributed by atoms with Gasteiger partial charge in [0.15, 0.2) is 5.60 Å². The van der Waals surface area contributed by atoms with Gasteiger partial charge in [0.05, 0.1) is 0 Å². The fourth-order valence-corrected chi connectivity index (χ4v) is 2.85. The second-order valence-corrected chi connectivity index (χ2v) is 4.91. The topological polar surface area (TPSA) is 57.5 Å². The third kappa shape index (κ3) is 1.74. The van der Waals surface area contributed by atoms with E-state index in [1.54, 1.807) is 0 Å². The summed E-state index contributed by atoms with van der Waals surface area (Å²) in [5, 5.41) is 19.8. The molecule has 1 fully saturated rings. The number of aliphatic carboxylic acids is 1. The minimum absolute atomic E-state index is 0.381. The van der Waals surface area contributed by atoms with Crippen LogP contribution in [-0.2, 0) is 4.79 Å². The van der Waals surface area contributed by atoms with E-state index in [4.69, 9.17) is 0 Å². The summed E-state index contributed by atoms with van der Waals surface area (Å²) in [6, 6.07) is 18.6. The van der Waals surface area contributed by atoms with Crippen LogP contribution < -0.4 is 0 Å². The smallest absolute Gasteiger partial charge is 0.337 e. The quantitative estimate of drug-likeness (QED) is 0.884. The fourth-order valence-electron chi connectivity index (χ4n) is 2.85. The Kier molecular flexibility index (Phi) is 2.64. The number of carbonyl (C=O) groups is 1. The molecule has 3 heteroatoms. The number of hydrogen-bond acceptors (Lipinski definition) is 2. The maximum atomic E-state index is 11.4. The molecule has 2 aromatic carbocycles. The third-order valence-electron chi connectivity index (χ3n) is 3.83. The summed E-state index contributed by atoms with van der Waals surface area (Å²) in [7, 11) is 0. The van der Waals surface area contributed by atoms with Crippen molar-refractivity contribution in [3.8, 4) is 0 Å². The Morgan fingerprint density at radius 1 is 0.842 bits per heavy atom. The van der Waals surface area contributed by atoms with Crippen LogP contribution in [0.5, 0.6) is 0 Å². The van der Waals surface area contributed by atoms with Gasteiger partial charge in [0.2, 0.25) is 0 Å². The van der Waals surface area contributed by atoms with Gasteiger partial charge in [0, 0.05) is 11.8 Å². The van der Waals surface area contributed by atoms with E-state index < -0.39 is 11.6 Å². The number of hydrogen-bond donors (Lipinski definition) is 2. The van der Waals surface area contributed by atoms with Crippen molar-refractivity contribution >= 4 is 5.97 Å². The Labute approximate surface area is 111 Å². The number of carboxylic acid groups (broad SMARTS) is 1. The molecule has 3 rings (SSSR count). The van der Waals surface area contributed by atoms with E-state index in [9.17, 15) is 15.0 Å². The normalized spacial score (nSPS) is 28.9. The van der Waals surface area contributed by atoms with Crippen LogP contribution >= 0.6 is 0 Å². The predicted octanol–water partition coefficient (Wildman–Crippen LogP) is 2.38. The number of aliphatic hydroxyl groups is 1. The first-order chi connectivity index (χ1) is 9.15. The van der Waals surface area contributed by atoms with Crippen molar-refractivity contribution < 1.29 is 15.0 Å². The molecular formula is C16H14O3. The third-order valence-corrected chi connectivity index (χ3v) is 3.83. The average molecular weight is 254 g/mol. The first-order valence-electron chi connectivity index (χ1n) is 6.21. The largest absolute Gasteiger partial charge is 0.479 e. The van der Waals surface area contributed by atoms with Gasteiger partial charge in [0.1, 0.15) is 0 Å². The van der Waals surface area contributed by atoms with Crippen LogP contribution in [0.2, 0.25) is 0 Å². The van der Waals surface area contributed by atoms with E-state index in [1.807, 2.05) is 60.7 Å². The lowest BCUT2D eigenvalue weighted by molar-refractivity contribution is -0.149. The summed E-state index contributed by atoms with van der Waals surface area (Å²) in [5.41, 5.74) is 0.0328. The number of benzene rings is 2. The first-order valence-corrected chi connectivity index (χ1v) is 6.21. The Balaban J connectivity index is 2.03. The van der Waals surface area contributed by atoms with Crippen LogP contribution in [0, 0.1) is 0 Å². The molecule has 2 unspecified atom stereocenters. The van der Waals surface area contributed by atoms with Gasteiger partial charge in [0.25, 0.3) is 0 Å². The Morgan fingerprint density at radius 2 is 1.21 bits per heavy atom. The molecule has 1 saturated carbocycles. The Hall–Kier alpha value is -2.13. The molecule has 0 aliphatic heterocycles. The molecule has 0 spiro atoms. The molecule has 1 aliphatic carbocycles. The maximum Gasteiger partial charge on any atom is 0.337 e. The van der Waals surface area contributed by atoms with E-state index in [1.165, 1.54) is 0 Å². The molecule has 0 bridgehead atoms. The summed E-state index contributed by atoms with van der Waals surface area (Å²) >= 11 is 0. The van der Waals surface area contributed by atoms with Gasteiger partial charge in [-0.15, -0.1) is 0 Å². The van der Waals surface area contributed by atoms with Crippen molar-refractivity contribution in [1.29, 1.82) is 0 Å². The highest BCUT2D eigenvalue weighted by Gasteiger charge is 2.70. The van der Waals surface area contributed by atoms with Crippen molar-refractivity contribution in [2.45, 2.75) is 17.4 Å². The second kappa shape index (κ2) is 4.21. The highest BCUT2D eigenvalue weighted by Crippen LogP contribution is 2.63. The van der Waals surface area contributed by atoms with Crippen molar-refractivity contribution in [3.05, 3.63) is 71.8 Å². The van der Waals surface area contributed by atoms with Gasteiger partial charge < -0.3 is 10.2 Å². The van der Waals surface area contributed by atoms with E-state index >= 15 is 0 Å². The van der Waals surface area contributed by atoms with E-state index in [-0.39, 0.29) is 11.8 Å². The zero-order chi connectivity index (χ0) is 13.5. The molecule has 2 aromatic rings. The molecule has 0 aromatic heterocycles. The van der Waals surface area contributed by atoms with Gasteiger partial charge in [-0.2, -0.15) is 0 Å². The van der Waals surface area contributed by atoms with Crippen LogP contribution in [0.3, 0.4) is 0 Å². The molecule has 1 aliphatic rings. The molecule has 0 saturated heterocycles. The monoisotopic (exact) mass is 254 g/mol. The first kappa shape index (κ1) is 11.9. The van der Waals surface area contributed by atoms with E-state index in [0.29, 0.717) is 0 Å². The molecule has 2 atom stereocenters. The molecule has 19 heavy (non-hydrogen) atoms. The average Bonchev–Trinajstić information content (AvgIpc) is 3.09. The zero-order valence-corrected chi connectivity index (χ0v) is 10.2. The lowest BCUT2D eigenvalue weighted by Crippen LogP contribution is -2.25. The van der Waals surface area contributed by atoms with Crippen molar-refractivity contribution in [2.24, 2.45) is 0 Å². The minimum Gasteiger partial charge on any atom is -0.479 e. The standard InChI is InChI=1S/C16H14O3/c17-15(18)16(19)13(11-7-3-1-4-8-11)14(16)12-9-5-2-6-10-12/h1-10,13-14,19H,(H,17,18). The molecule has 96 valence electrons. The Bertz CT molecular complexity index is 546. The van der Waals surface area contributed by atoms with Crippen molar-refractivity contribution in [1.82, 2.24) is 0 Å². The molecule has 0 amide bonds. The van der Waals surface area contributed by atoms with Gasteiger partial charge in [-0.05, 0) is 11.1 Å². The van der Waals surface area contributed by atoms with Gasteiger partial charge >= 0.3 is 5.97 Å². The summed E-state index contributed by atoms with van der Waals surface area (Å²) in [5.74, 6) is -1.92. The molecular weight excluding hydrogens is 240 g/mol. The van der Waals surface area contributed by atoms with E-state index in [2.05, 4.69) is 0 Å². The maximum absolute atomic E-state index is 11.4. The highest BCUT2D eigenvalue weighted by atomic mass is 16.4. The summed E-state index contributed by atoms with van der Waals surface area (Å²) in [6.07, 6.45) is 0. The Morgan fingerprint density at radius 3 is 1.53 bits per heavy atom. The van der Waals surface area contributed by atoms with Crippen LogP contribution in [0.4, 0.5) is 0 Å². The highest BCUT2D eigenvalue weighted by molar-refractivity contribution is 5.86. The number of rotatable bonds is 3. The second-order valence-electron chi connectivity index (χ2n) is 4.91. The zero-order valence-electron chi connectivity index (χ0n) is 10.2. The SMILES string of the molecule is O=C(O)C1(O)C(c2ccccc2)C1c1ccccc1. The van der Waals surface area contributed by atoms with Gasteiger partial charge in [-0.3, -0.25) is 0 Å². The lowest BCUT2D eigenvalue weighted by Gasteiger charge is -2.04. The fraction of sp³-hybridized carbons (Fsp3) is 0.188. The summed E-state index contributed by atoms with van der Waals surface area (Å²) < 4.78 is 0. The molecule has 2 N–H and O–H groups in total. The molecule has 0 radical (unpaired) electrons. The van der Waals surface area contributed by atoms with E-state index in [0.717, 1.165) is 11.1 Å².